The smallest absolute Gasteiger partial charge is 0.0300 e. The molecule has 0 bridgehead atoms. The summed E-state index contributed by atoms with van der Waals surface area (Å²) in [6.45, 7) is 4.29. The van der Waals surface area contributed by atoms with Crippen LogP contribution < -0.4 is 5.32 Å². The van der Waals surface area contributed by atoms with Crippen LogP contribution in [0, 0.1) is 5.41 Å². The van der Waals surface area contributed by atoms with Gasteiger partial charge >= 0.3 is 0 Å². The molecule has 96 valence electrons. The third kappa shape index (κ3) is 3.46. The first kappa shape index (κ1) is 13.4. The van der Waals surface area contributed by atoms with Crippen LogP contribution in [0.4, 0.5) is 0 Å². The lowest BCUT2D eigenvalue weighted by Gasteiger charge is -2.26. The molecule has 0 saturated heterocycles. The molecule has 0 radical (unpaired) electrons. The number of thiophene rings is 1. The molecule has 1 aliphatic carbocycles. The first-order valence-electron chi connectivity index (χ1n) is 6.62. The zero-order valence-corrected chi connectivity index (χ0v) is 12.2. The number of aryl methyl sites for hydroxylation is 1. The fourth-order valence-electron chi connectivity index (χ4n) is 2.64. The van der Waals surface area contributed by atoms with Gasteiger partial charge in [0.05, 0.1) is 0 Å². The molecule has 0 aromatic carbocycles. The van der Waals surface area contributed by atoms with Crippen molar-refractivity contribution in [1.82, 2.24) is 5.32 Å². The largest absolute Gasteiger partial charge is 0.311 e. The van der Waals surface area contributed by atoms with E-state index in [-0.39, 0.29) is 0 Å². The van der Waals surface area contributed by atoms with Crippen LogP contribution in [0.15, 0.2) is 12.1 Å². The van der Waals surface area contributed by atoms with Gasteiger partial charge < -0.3 is 5.32 Å². The second-order valence-electron chi connectivity index (χ2n) is 5.17. The summed E-state index contributed by atoms with van der Waals surface area (Å²) in [6, 6.07) is 4.49. The Labute approximate surface area is 114 Å². The normalized spacial score (nSPS) is 18.7. The fourth-order valence-corrected chi connectivity index (χ4v) is 3.93. The first-order valence-corrected chi connectivity index (χ1v) is 7.97. The summed E-state index contributed by atoms with van der Waals surface area (Å²) in [5, 5.41) is 3.60. The predicted molar refractivity (Wildman–Crippen MR) is 77.0 cm³/mol. The Bertz CT molecular complexity index is 342. The van der Waals surface area contributed by atoms with Gasteiger partial charge in [-0.05, 0) is 36.8 Å². The summed E-state index contributed by atoms with van der Waals surface area (Å²) in [7, 11) is 0. The Balaban J connectivity index is 1.78. The van der Waals surface area contributed by atoms with Crippen molar-refractivity contribution in [3.63, 3.8) is 0 Å². The van der Waals surface area contributed by atoms with E-state index in [1.165, 1.54) is 35.4 Å². The summed E-state index contributed by atoms with van der Waals surface area (Å²) < 4.78 is 0. The van der Waals surface area contributed by atoms with Crippen molar-refractivity contribution in [1.29, 1.82) is 0 Å². The van der Waals surface area contributed by atoms with Gasteiger partial charge in [-0.2, -0.15) is 0 Å². The van der Waals surface area contributed by atoms with Crippen LogP contribution in [0.2, 0.25) is 0 Å². The molecule has 1 aromatic rings. The highest BCUT2D eigenvalue weighted by atomic mass is 35.5. The standard InChI is InChI=1S/C14H22ClNS/c1-2-12-5-6-13(17-12)9-16-11-14(10-15)7-3-4-8-14/h5-6,16H,2-4,7-11H2,1H3. The van der Waals surface area contributed by atoms with E-state index in [9.17, 15) is 0 Å². The lowest BCUT2D eigenvalue weighted by molar-refractivity contribution is 0.321. The minimum atomic E-state index is 0.381. The molecule has 1 nitrogen and oxygen atoms in total. The highest BCUT2D eigenvalue weighted by Crippen LogP contribution is 2.38. The lowest BCUT2D eigenvalue weighted by Crippen LogP contribution is -2.33. The minimum absolute atomic E-state index is 0.381. The van der Waals surface area contributed by atoms with Gasteiger partial charge in [0.2, 0.25) is 0 Å². The maximum atomic E-state index is 6.14. The van der Waals surface area contributed by atoms with Crippen LogP contribution in [0.1, 0.15) is 42.4 Å². The molecule has 0 unspecified atom stereocenters. The molecule has 2 rings (SSSR count). The molecule has 0 amide bonds. The summed E-state index contributed by atoms with van der Waals surface area (Å²) >= 11 is 8.06. The average molecular weight is 272 g/mol. The minimum Gasteiger partial charge on any atom is -0.311 e. The Morgan fingerprint density at radius 2 is 2.00 bits per heavy atom. The molecule has 17 heavy (non-hydrogen) atoms. The highest BCUT2D eigenvalue weighted by molar-refractivity contribution is 7.11. The Hall–Kier alpha value is -0.0500. The molecule has 0 atom stereocenters. The van der Waals surface area contributed by atoms with E-state index >= 15 is 0 Å². The molecular formula is C14H22ClNS. The van der Waals surface area contributed by atoms with Crippen molar-refractivity contribution >= 4 is 22.9 Å². The Morgan fingerprint density at radius 3 is 2.59 bits per heavy atom. The molecule has 0 spiro atoms. The van der Waals surface area contributed by atoms with Crippen LogP contribution in [-0.4, -0.2) is 12.4 Å². The quantitative estimate of drug-likeness (QED) is 0.765. The van der Waals surface area contributed by atoms with Gasteiger partial charge in [0.1, 0.15) is 0 Å². The van der Waals surface area contributed by atoms with E-state index in [0.717, 1.165) is 25.4 Å². The van der Waals surface area contributed by atoms with Gasteiger partial charge in [-0.25, -0.2) is 0 Å². The molecule has 1 aromatic heterocycles. The summed E-state index contributed by atoms with van der Waals surface area (Å²) in [5.74, 6) is 0.810. The zero-order chi connectivity index (χ0) is 12.1. The fraction of sp³-hybridized carbons (Fsp3) is 0.714. The van der Waals surface area contributed by atoms with Gasteiger partial charge in [-0.15, -0.1) is 22.9 Å². The third-order valence-electron chi connectivity index (χ3n) is 3.81. The number of hydrogen-bond donors (Lipinski definition) is 1. The van der Waals surface area contributed by atoms with Crippen molar-refractivity contribution in [3.05, 3.63) is 21.9 Å². The molecule has 0 aliphatic heterocycles. The Morgan fingerprint density at radius 1 is 1.29 bits per heavy atom. The average Bonchev–Trinajstić information content (AvgIpc) is 2.98. The van der Waals surface area contributed by atoms with Gasteiger partial charge in [0, 0.05) is 28.7 Å². The second-order valence-corrected chi connectivity index (χ2v) is 6.69. The van der Waals surface area contributed by atoms with E-state index in [2.05, 4.69) is 24.4 Å². The van der Waals surface area contributed by atoms with Crippen molar-refractivity contribution in [2.45, 2.75) is 45.6 Å². The van der Waals surface area contributed by atoms with Crippen molar-refractivity contribution in [2.75, 3.05) is 12.4 Å². The van der Waals surface area contributed by atoms with Crippen LogP contribution >= 0.6 is 22.9 Å². The molecule has 1 saturated carbocycles. The van der Waals surface area contributed by atoms with Crippen molar-refractivity contribution < 1.29 is 0 Å². The third-order valence-corrected chi connectivity index (χ3v) is 5.61. The van der Waals surface area contributed by atoms with Gasteiger partial charge in [0.25, 0.3) is 0 Å². The topological polar surface area (TPSA) is 12.0 Å². The van der Waals surface area contributed by atoms with Crippen LogP contribution in [-0.2, 0) is 13.0 Å². The van der Waals surface area contributed by atoms with E-state index in [4.69, 9.17) is 11.6 Å². The number of alkyl halides is 1. The van der Waals surface area contributed by atoms with Crippen molar-refractivity contribution in [2.24, 2.45) is 5.41 Å². The number of hydrogen-bond acceptors (Lipinski definition) is 2. The Kier molecular flexibility index (Phi) is 4.89. The molecule has 3 heteroatoms. The van der Waals surface area contributed by atoms with E-state index in [1.807, 2.05) is 11.3 Å². The second kappa shape index (κ2) is 6.21. The van der Waals surface area contributed by atoms with Gasteiger partial charge in [-0.1, -0.05) is 19.8 Å². The number of nitrogens with one attached hydrogen (secondary N) is 1. The molecule has 1 aliphatic rings. The number of rotatable bonds is 6. The molecule has 1 N–H and O–H groups in total. The van der Waals surface area contributed by atoms with Gasteiger partial charge in [-0.3, -0.25) is 0 Å². The van der Waals surface area contributed by atoms with E-state index < -0.39 is 0 Å². The van der Waals surface area contributed by atoms with E-state index in [1.54, 1.807) is 0 Å². The summed E-state index contributed by atoms with van der Waals surface area (Å²) in [6.07, 6.45) is 6.46. The summed E-state index contributed by atoms with van der Waals surface area (Å²) in [5.41, 5.74) is 0.381. The first-order chi connectivity index (χ1) is 8.28. The summed E-state index contributed by atoms with van der Waals surface area (Å²) in [4.78, 5) is 2.93. The van der Waals surface area contributed by atoms with Crippen molar-refractivity contribution in [3.8, 4) is 0 Å². The maximum absolute atomic E-state index is 6.14. The number of halogens is 1. The molecule has 1 fully saturated rings. The van der Waals surface area contributed by atoms with E-state index in [0.29, 0.717) is 5.41 Å². The highest BCUT2D eigenvalue weighted by Gasteiger charge is 2.32. The zero-order valence-electron chi connectivity index (χ0n) is 10.6. The molecule has 1 heterocycles. The predicted octanol–water partition coefficient (Wildman–Crippen LogP) is 4.20. The lowest BCUT2D eigenvalue weighted by atomic mass is 9.88. The monoisotopic (exact) mass is 271 g/mol. The van der Waals surface area contributed by atoms with Gasteiger partial charge in [0.15, 0.2) is 0 Å². The SMILES string of the molecule is CCc1ccc(CNCC2(CCl)CCCC2)s1. The maximum Gasteiger partial charge on any atom is 0.0300 e. The van der Waals surface area contributed by atoms with Crippen LogP contribution in [0.3, 0.4) is 0 Å². The van der Waals surface area contributed by atoms with Crippen LogP contribution in [0.5, 0.6) is 0 Å². The van der Waals surface area contributed by atoms with Crippen LogP contribution in [0.25, 0.3) is 0 Å². The molecular weight excluding hydrogens is 250 g/mol.